The molecule has 0 unspecified atom stereocenters. The number of ether oxygens (including phenoxy) is 1. The lowest BCUT2D eigenvalue weighted by Gasteiger charge is -2.20. The number of fused-ring (bicyclic) bond motifs is 1. The number of carbonyl (C=O) groups is 1. The number of pyridine rings is 1. The molecular formula is C15H14F2N2O2. The fourth-order valence-corrected chi connectivity index (χ4v) is 2.66. The third-order valence-electron chi connectivity index (χ3n) is 3.65. The highest BCUT2D eigenvalue weighted by atomic mass is 19.1. The van der Waals surface area contributed by atoms with E-state index in [1.165, 1.54) is 13.2 Å². The van der Waals surface area contributed by atoms with Gasteiger partial charge in [0.25, 0.3) is 0 Å². The van der Waals surface area contributed by atoms with Crippen molar-refractivity contribution >= 4 is 22.6 Å². The first-order valence-electron chi connectivity index (χ1n) is 6.73. The van der Waals surface area contributed by atoms with Gasteiger partial charge in [-0.05, 0) is 25.0 Å². The minimum absolute atomic E-state index is 0.0128. The van der Waals surface area contributed by atoms with Crippen molar-refractivity contribution < 1.29 is 18.3 Å². The number of benzene rings is 1. The minimum atomic E-state index is -0.781. The first kappa shape index (κ1) is 13.7. The predicted octanol–water partition coefficient (Wildman–Crippen LogP) is 2.90. The quantitative estimate of drug-likeness (QED) is 0.798. The Kier molecular flexibility index (Phi) is 3.45. The van der Waals surface area contributed by atoms with Crippen molar-refractivity contribution in [2.45, 2.75) is 12.8 Å². The Bertz CT molecular complexity index is 712. The van der Waals surface area contributed by atoms with Crippen LogP contribution in [0.3, 0.4) is 0 Å². The van der Waals surface area contributed by atoms with Gasteiger partial charge in [-0.3, -0.25) is 0 Å². The van der Waals surface area contributed by atoms with Crippen LogP contribution in [0, 0.1) is 11.6 Å². The molecule has 0 radical (unpaired) electrons. The molecule has 3 rings (SSSR count). The fraction of sp³-hybridized carbons (Fsp3) is 0.333. The number of halogens is 2. The highest BCUT2D eigenvalue weighted by molar-refractivity contribution is 5.98. The Hall–Kier alpha value is -2.24. The standard InChI is InChI=1S/C15H14F2N2O2/c1-21-15(20)12-8-13(19-4-2-3-5-19)10-6-9(16)7-11(17)14(10)18-12/h6-8H,2-5H2,1H3. The molecule has 0 N–H and O–H groups in total. The van der Waals surface area contributed by atoms with Crippen LogP contribution >= 0.6 is 0 Å². The van der Waals surface area contributed by atoms with Crippen LogP contribution in [0.2, 0.25) is 0 Å². The normalized spacial score (nSPS) is 14.7. The van der Waals surface area contributed by atoms with Crippen LogP contribution in [0.15, 0.2) is 18.2 Å². The van der Waals surface area contributed by atoms with Gasteiger partial charge in [0.15, 0.2) is 11.5 Å². The third-order valence-corrected chi connectivity index (χ3v) is 3.65. The lowest BCUT2D eigenvalue weighted by molar-refractivity contribution is 0.0594. The van der Waals surface area contributed by atoms with Gasteiger partial charge in [-0.25, -0.2) is 18.6 Å². The molecule has 0 atom stereocenters. The van der Waals surface area contributed by atoms with E-state index in [0.29, 0.717) is 11.1 Å². The second-order valence-corrected chi connectivity index (χ2v) is 5.00. The number of hydrogen-bond donors (Lipinski definition) is 0. The van der Waals surface area contributed by atoms with Gasteiger partial charge >= 0.3 is 5.97 Å². The number of carbonyl (C=O) groups excluding carboxylic acids is 1. The SMILES string of the molecule is COC(=O)c1cc(N2CCCC2)c2cc(F)cc(F)c2n1. The molecule has 1 aliphatic rings. The molecule has 1 aromatic heterocycles. The van der Waals surface area contributed by atoms with E-state index in [1.54, 1.807) is 6.07 Å². The van der Waals surface area contributed by atoms with E-state index in [4.69, 9.17) is 0 Å². The molecule has 110 valence electrons. The lowest BCUT2D eigenvalue weighted by atomic mass is 10.1. The highest BCUT2D eigenvalue weighted by Crippen LogP contribution is 2.31. The van der Waals surface area contributed by atoms with Gasteiger partial charge in [0.1, 0.15) is 11.3 Å². The van der Waals surface area contributed by atoms with Gasteiger partial charge in [-0.2, -0.15) is 0 Å². The Morgan fingerprint density at radius 3 is 2.62 bits per heavy atom. The van der Waals surface area contributed by atoms with E-state index >= 15 is 0 Å². The second-order valence-electron chi connectivity index (χ2n) is 5.00. The smallest absolute Gasteiger partial charge is 0.356 e. The van der Waals surface area contributed by atoms with Crippen LogP contribution in [0.5, 0.6) is 0 Å². The Morgan fingerprint density at radius 1 is 1.24 bits per heavy atom. The predicted molar refractivity (Wildman–Crippen MR) is 74.4 cm³/mol. The molecule has 21 heavy (non-hydrogen) atoms. The number of aromatic nitrogens is 1. The van der Waals surface area contributed by atoms with Crippen LogP contribution in [0.1, 0.15) is 23.3 Å². The summed E-state index contributed by atoms with van der Waals surface area (Å²) in [7, 11) is 1.24. The monoisotopic (exact) mass is 292 g/mol. The summed E-state index contributed by atoms with van der Waals surface area (Å²) in [5.74, 6) is -2.08. The molecule has 2 heterocycles. The van der Waals surface area contributed by atoms with Crippen molar-refractivity contribution in [3.63, 3.8) is 0 Å². The van der Waals surface area contributed by atoms with Gasteiger partial charge in [-0.15, -0.1) is 0 Å². The largest absolute Gasteiger partial charge is 0.464 e. The first-order chi connectivity index (χ1) is 10.1. The first-order valence-corrected chi connectivity index (χ1v) is 6.73. The topological polar surface area (TPSA) is 42.4 Å². The number of rotatable bonds is 2. The van der Waals surface area contributed by atoms with Gasteiger partial charge in [0, 0.05) is 30.2 Å². The van der Waals surface area contributed by atoms with Crippen molar-refractivity contribution in [2.75, 3.05) is 25.1 Å². The third kappa shape index (κ3) is 2.41. The molecule has 1 aromatic carbocycles. The maximum Gasteiger partial charge on any atom is 0.356 e. The molecule has 1 fully saturated rings. The number of esters is 1. The molecule has 0 amide bonds. The molecule has 0 bridgehead atoms. The summed E-state index contributed by atoms with van der Waals surface area (Å²) < 4.78 is 32.1. The summed E-state index contributed by atoms with van der Waals surface area (Å²) >= 11 is 0. The van der Waals surface area contributed by atoms with Gasteiger partial charge < -0.3 is 9.64 Å². The van der Waals surface area contributed by atoms with Gasteiger partial charge in [0.05, 0.1) is 7.11 Å². The second kappa shape index (κ2) is 5.27. The minimum Gasteiger partial charge on any atom is -0.464 e. The summed E-state index contributed by atoms with van der Waals surface area (Å²) in [6.45, 7) is 1.58. The zero-order valence-electron chi connectivity index (χ0n) is 11.5. The molecule has 1 aliphatic heterocycles. The van der Waals surface area contributed by atoms with Crippen LogP contribution in [0.25, 0.3) is 10.9 Å². The van der Waals surface area contributed by atoms with Crippen LogP contribution < -0.4 is 4.90 Å². The maximum absolute atomic E-state index is 14.0. The molecule has 1 saturated heterocycles. The van der Waals surface area contributed by atoms with Crippen molar-refractivity contribution in [3.05, 3.63) is 35.5 Å². The Balaban J connectivity index is 2.27. The zero-order chi connectivity index (χ0) is 15.0. The highest BCUT2D eigenvalue weighted by Gasteiger charge is 2.21. The van der Waals surface area contributed by atoms with E-state index < -0.39 is 17.6 Å². The Morgan fingerprint density at radius 2 is 1.95 bits per heavy atom. The summed E-state index contributed by atoms with van der Waals surface area (Å²) in [6.07, 6.45) is 2.02. The fourth-order valence-electron chi connectivity index (χ4n) is 2.66. The maximum atomic E-state index is 14.0. The van der Waals surface area contributed by atoms with E-state index in [9.17, 15) is 13.6 Å². The number of methoxy groups -OCH3 is 1. The lowest BCUT2D eigenvalue weighted by Crippen LogP contribution is -2.19. The van der Waals surface area contributed by atoms with E-state index in [0.717, 1.165) is 32.0 Å². The summed E-state index contributed by atoms with van der Waals surface area (Å²) in [5.41, 5.74) is 0.634. The number of hydrogen-bond acceptors (Lipinski definition) is 4. The van der Waals surface area contributed by atoms with E-state index in [-0.39, 0.29) is 11.2 Å². The molecule has 4 nitrogen and oxygen atoms in total. The van der Waals surface area contributed by atoms with E-state index in [2.05, 4.69) is 9.72 Å². The van der Waals surface area contributed by atoms with Crippen molar-refractivity contribution in [1.82, 2.24) is 4.98 Å². The summed E-state index contributed by atoms with van der Waals surface area (Å²) in [6, 6.07) is 3.56. The molecular weight excluding hydrogens is 278 g/mol. The van der Waals surface area contributed by atoms with Gasteiger partial charge in [-0.1, -0.05) is 0 Å². The average molecular weight is 292 g/mol. The average Bonchev–Trinajstić information content (AvgIpc) is 2.99. The van der Waals surface area contributed by atoms with Crippen LogP contribution in [-0.4, -0.2) is 31.2 Å². The number of nitrogens with zero attached hydrogens (tertiary/aromatic N) is 2. The van der Waals surface area contributed by atoms with Crippen LogP contribution in [0.4, 0.5) is 14.5 Å². The molecule has 2 aromatic rings. The summed E-state index contributed by atoms with van der Waals surface area (Å²) in [4.78, 5) is 17.7. The molecule has 0 saturated carbocycles. The molecule has 6 heteroatoms. The Labute approximate surface area is 120 Å². The van der Waals surface area contributed by atoms with E-state index in [1.807, 2.05) is 4.90 Å². The van der Waals surface area contributed by atoms with Crippen molar-refractivity contribution in [3.8, 4) is 0 Å². The zero-order valence-corrected chi connectivity index (χ0v) is 11.5. The van der Waals surface area contributed by atoms with Crippen LogP contribution in [-0.2, 0) is 4.74 Å². The van der Waals surface area contributed by atoms with Crippen molar-refractivity contribution in [1.29, 1.82) is 0 Å². The number of anilines is 1. The van der Waals surface area contributed by atoms with Crippen molar-refractivity contribution in [2.24, 2.45) is 0 Å². The van der Waals surface area contributed by atoms with Gasteiger partial charge in [0.2, 0.25) is 0 Å². The molecule has 0 aliphatic carbocycles. The summed E-state index contributed by atoms with van der Waals surface area (Å²) in [5, 5.41) is 0.377. The molecule has 0 spiro atoms.